The molecule has 3 aliphatic rings. The number of carbonyl (C=O) groups is 2. The van der Waals surface area contributed by atoms with Gasteiger partial charge in [-0.3, -0.25) is 9.59 Å². The number of amides is 2. The fourth-order valence-corrected chi connectivity index (χ4v) is 4.31. The lowest BCUT2D eigenvalue weighted by molar-refractivity contribution is -0.135. The minimum Gasteiger partial charge on any atom is -0.353 e. The largest absolute Gasteiger partial charge is 0.353 e. The Morgan fingerprint density at radius 2 is 1.59 bits per heavy atom. The molecule has 0 bridgehead atoms. The summed E-state index contributed by atoms with van der Waals surface area (Å²) in [6.07, 6.45) is 11.3. The highest BCUT2D eigenvalue weighted by molar-refractivity contribution is 5.92. The summed E-state index contributed by atoms with van der Waals surface area (Å²) in [5, 5.41) is 3.20. The van der Waals surface area contributed by atoms with Crippen LogP contribution in [0.2, 0.25) is 0 Å². The molecule has 2 amide bonds. The number of rotatable bonds is 4. The van der Waals surface area contributed by atoms with Crippen LogP contribution in [0, 0.1) is 11.8 Å². The normalized spacial score (nSPS) is 26.4. The molecule has 2 atom stereocenters. The van der Waals surface area contributed by atoms with Crippen molar-refractivity contribution in [3.8, 4) is 0 Å². The first-order valence-corrected chi connectivity index (χ1v) is 10.3. The molecule has 3 fully saturated rings. The second kappa shape index (κ2) is 8.23. The van der Waals surface area contributed by atoms with Gasteiger partial charge in [0.1, 0.15) is 0 Å². The van der Waals surface area contributed by atoms with E-state index in [-0.39, 0.29) is 23.7 Å². The lowest BCUT2D eigenvalue weighted by Gasteiger charge is -2.34. The predicted molar refractivity (Wildman–Crippen MR) is 102 cm³/mol. The van der Waals surface area contributed by atoms with Crippen molar-refractivity contribution in [3.05, 3.63) is 18.5 Å². The quantitative estimate of drug-likeness (QED) is 0.814. The van der Waals surface area contributed by atoms with Gasteiger partial charge in [0.05, 0.1) is 11.8 Å². The highest BCUT2D eigenvalue weighted by Crippen LogP contribution is 2.40. The number of aromatic nitrogens is 2. The first kappa shape index (κ1) is 18.2. The van der Waals surface area contributed by atoms with Gasteiger partial charge in [0, 0.05) is 44.6 Å². The van der Waals surface area contributed by atoms with E-state index in [9.17, 15) is 9.59 Å². The third kappa shape index (κ3) is 4.39. The number of hydrogen-bond acceptors (Lipinski definition) is 5. The second-order valence-electron chi connectivity index (χ2n) is 8.01. The molecule has 1 aliphatic heterocycles. The van der Waals surface area contributed by atoms with Crippen molar-refractivity contribution in [2.75, 3.05) is 31.1 Å². The zero-order chi connectivity index (χ0) is 18.6. The molecule has 2 heterocycles. The van der Waals surface area contributed by atoms with Gasteiger partial charge in [-0.15, -0.1) is 0 Å². The summed E-state index contributed by atoms with van der Waals surface area (Å²) in [5.74, 6) is 0.726. The Bertz CT molecular complexity index is 652. The van der Waals surface area contributed by atoms with E-state index in [1.165, 1.54) is 25.7 Å². The Hall–Kier alpha value is -2.18. The monoisotopic (exact) mass is 371 g/mol. The lowest BCUT2D eigenvalue weighted by atomic mass is 10.1. The fourth-order valence-electron chi connectivity index (χ4n) is 4.31. The Kier molecular flexibility index (Phi) is 5.55. The molecular weight excluding hydrogens is 342 g/mol. The molecule has 146 valence electrons. The van der Waals surface area contributed by atoms with Crippen LogP contribution >= 0.6 is 0 Å². The van der Waals surface area contributed by atoms with E-state index in [2.05, 4.69) is 20.2 Å². The highest BCUT2D eigenvalue weighted by atomic mass is 16.2. The molecule has 2 saturated carbocycles. The van der Waals surface area contributed by atoms with Crippen molar-refractivity contribution in [2.24, 2.45) is 11.8 Å². The van der Waals surface area contributed by atoms with Crippen LogP contribution in [0.4, 0.5) is 5.95 Å². The maximum Gasteiger partial charge on any atom is 0.226 e. The third-order valence-corrected chi connectivity index (χ3v) is 6.07. The van der Waals surface area contributed by atoms with E-state index in [0.717, 1.165) is 31.9 Å². The zero-order valence-electron chi connectivity index (χ0n) is 15.8. The number of carbonyl (C=O) groups excluding carboxylic acids is 2. The van der Waals surface area contributed by atoms with Crippen LogP contribution < -0.4 is 10.2 Å². The summed E-state index contributed by atoms with van der Waals surface area (Å²) in [6.45, 7) is 2.82. The Morgan fingerprint density at radius 3 is 2.26 bits per heavy atom. The molecule has 1 aromatic heterocycles. The molecular formula is C20H29N5O2. The molecule has 0 radical (unpaired) electrons. The van der Waals surface area contributed by atoms with E-state index in [1.54, 1.807) is 18.5 Å². The van der Waals surface area contributed by atoms with Crippen LogP contribution in [-0.2, 0) is 9.59 Å². The van der Waals surface area contributed by atoms with Crippen molar-refractivity contribution in [1.82, 2.24) is 20.2 Å². The van der Waals surface area contributed by atoms with Gasteiger partial charge in [-0.25, -0.2) is 9.97 Å². The van der Waals surface area contributed by atoms with Crippen LogP contribution in [0.3, 0.4) is 0 Å². The zero-order valence-corrected chi connectivity index (χ0v) is 15.8. The van der Waals surface area contributed by atoms with Gasteiger partial charge in [0.25, 0.3) is 0 Å². The molecule has 4 rings (SSSR count). The van der Waals surface area contributed by atoms with Gasteiger partial charge in [-0.05, 0) is 25.3 Å². The van der Waals surface area contributed by atoms with Gasteiger partial charge in [0.15, 0.2) is 0 Å². The summed E-state index contributed by atoms with van der Waals surface area (Å²) in [7, 11) is 0. The van der Waals surface area contributed by atoms with Crippen molar-refractivity contribution in [2.45, 2.75) is 51.0 Å². The van der Waals surface area contributed by atoms with Crippen LogP contribution in [0.5, 0.6) is 0 Å². The second-order valence-corrected chi connectivity index (χ2v) is 8.01. The summed E-state index contributed by atoms with van der Waals surface area (Å²) < 4.78 is 0. The standard InChI is InChI=1S/C20H29N5O2/c26-18(23-15-6-3-1-2-4-7-15)16-14-17(16)19(27)24-10-12-25(13-11-24)20-21-8-5-9-22-20/h5,8-9,15-17H,1-4,6-7,10-14H2,(H,23,26). The average molecular weight is 371 g/mol. The van der Waals surface area contributed by atoms with E-state index in [1.807, 2.05) is 4.90 Å². The molecule has 1 aromatic rings. The minimum atomic E-state index is -0.115. The summed E-state index contributed by atoms with van der Waals surface area (Å²) in [4.78, 5) is 37.8. The molecule has 7 heteroatoms. The number of hydrogen-bond donors (Lipinski definition) is 1. The van der Waals surface area contributed by atoms with Gasteiger partial charge in [-0.2, -0.15) is 0 Å². The molecule has 7 nitrogen and oxygen atoms in total. The first-order chi connectivity index (χ1) is 13.2. The summed E-state index contributed by atoms with van der Waals surface area (Å²) in [6, 6.07) is 2.11. The number of nitrogens with zero attached hydrogens (tertiary/aromatic N) is 4. The van der Waals surface area contributed by atoms with E-state index in [4.69, 9.17) is 0 Å². The molecule has 2 aliphatic carbocycles. The van der Waals surface area contributed by atoms with E-state index >= 15 is 0 Å². The fraction of sp³-hybridized carbons (Fsp3) is 0.700. The van der Waals surface area contributed by atoms with E-state index in [0.29, 0.717) is 25.6 Å². The van der Waals surface area contributed by atoms with Crippen LogP contribution in [0.15, 0.2) is 18.5 Å². The number of piperazine rings is 1. The molecule has 27 heavy (non-hydrogen) atoms. The van der Waals surface area contributed by atoms with Crippen molar-refractivity contribution in [3.63, 3.8) is 0 Å². The SMILES string of the molecule is O=C(NC1CCCCCC1)C1CC1C(=O)N1CCN(c2ncccn2)CC1. The first-order valence-electron chi connectivity index (χ1n) is 10.3. The minimum absolute atomic E-state index is 0.0940. The topological polar surface area (TPSA) is 78.4 Å². The number of anilines is 1. The molecule has 0 spiro atoms. The van der Waals surface area contributed by atoms with Gasteiger partial charge in [-0.1, -0.05) is 25.7 Å². The molecule has 1 N–H and O–H groups in total. The average Bonchev–Trinajstić information content (AvgIpc) is 3.53. The van der Waals surface area contributed by atoms with Gasteiger partial charge >= 0.3 is 0 Å². The molecule has 1 saturated heterocycles. The Labute approximate surface area is 160 Å². The lowest BCUT2D eigenvalue weighted by Crippen LogP contribution is -2.50. The number of nitrogens with one attached hydrogen (secondary N) is 1. The molecule has 2 unspecified atom stereocenters. The predicted octanol–water partition coefficient (Wildman–Crippen LogP) is 1.60. The third-order valence-electron chi connectivity index (χ3n) is 6.07. The van der Waals surface area contributed by atoms with Gasteiger partial charge in [0.2, 0.25) is 17.8 Å². The molecule has 0 aromatic carbocycles. The van der Waals surface area contributed by atoms with Crippen molar-refractivity contribution >= 4 is 17.8 Å². The summed E-state index contributed by atoms with van der Waals surface area (Å²) >= 11 is 0. The highest BCUT2D eigenvalue weighted by Gasteiger charge is 2.50. The summed E-state index contributed by atoms with van der Waals surface area (Å²) in [5.41, 5.74) is 0. The van der Waals surface area contributed by atoms with Crippen LogP contribution in [0.25, 0.3) is 0 Å². The van der Waals surface area contributed by atoms with E-state index < -0.39 is 0 Å². The smallest absolute Gasteiger partial charge is 0.226 e. The maximum atomic E-state index is 12.8. The Morgan fingerprint density at radius 1 is 0.926 bits per heavy atom. The van der Waals surface area contributed by atoms with Crippen LogP contribution in [-0.4, -0.2) is 58.9 Å². The van der Waals surface area contributed by atoms with Crippen LogP contribution in [0.1, 0.15) is 44.9 Å². The van der Waals surface area contributed by atoms with Crippen molar-refractivity contribution in [1.29, 1.82) is 0 Å². The van der Waals surface area contributed by atoms with Crippen molar-refractivity contribution < 1.29 is 9.59 Å². The maximum absolute atomic E-state index is 12.8. The van der Waals surface area contributed by atoms with Gasteiger partial charge < -0.3 is 15.1 Å². The Balaban J connectivity index is 1.23.